The number of nitrogens with two attached hydrogens (primary N) is 1. The number of anilines is 1. The van der Waals surface area contributed by atoms with Crippen molar-refractivity contribution >= 4 is 29.4 Å². The van der Waals surface area contributed by atoms with Crippen LogP contribution in [-0.2, 0) is 14.3 Å². The Kier molecular flexibility index (Phi) is 7.76. The lowest BCUT2D eigenvalue weighted by molar-refractivity contribution is -0.139. The molecule has 10 heteroatoms. The molecule has 0 saturated carbocycles. The summed E-state index contributed by atoms with van der Waals surface area (Å²) in [6.07, 6.45) is 0.318. The number of hydrogen-bond acceptors (Lipinski definition) is 6. The number of ether oxygens (including phenoxy) is 1. The topological polar surface area (TPSA) is 141 Å². The minimum Gasteiger partial charge on any atom is -0.468 e. The molecule has 1 aliphatic rings. The number of hydrogen-bond donors (Lipinski definition) is 4. The van der Waals surface area contributed by atoms with Crippen LogP contribution >= 0.6 is 0 Å². The van der Waals surface area contributed by atoms with Gasteiger partial charge in [-0.2, -0.15) is 0 Å². The van der Waals surface area contributed by atoms with Crippen LogP contribution < -0.4 is 16.4 Å². The predicted molar refractivity (Wildman–Crippen MR) is 104 cm³/mol. The minimum atomic E-state index is -0.540. The molecule has 2 amide bonds. The molecule has 0 aromatic heterocycles. The second-order valence-electron chi connectivity index (χ2n) is 6.35. The second-order valence-corrected chi connectivity index (χ2v) is 6.35. The number of nitrogens with zero attached hydrogens (tertiary/aromatic N) is 2. The van der Waals surface area contributed by atoms with Crippen LogP contribution in [0.2, 0.25) is 0 Å². The van der Waals surface area contributed by atoms with Gasteiger partial charge in [-0.1, -0.05) is 6.07 Å². The summed E-state index contributed by atoms with van der Waals surface area (Å²) >= 11 is 0. The fourth-order valence-electron chi connectivity index (χ4n) is 2.76. The Morgan fingerprint density at radius 3 is 2.57 bits per heavy atom. The molecule has 0 radical (unpaired) electrons. The Balaban J connectivity index is 1.78. The number of esters is 1. The van der Waals surface area contributed by atoms with Crippen molar-refractivity contribution in [3.8, 4) is 0 Å². The van der Waals surface area contributed by atoms with E-state index < -0.39 is 11.9 Å². The zero-order chi connectivity index (χ0) is 20.5. The van der Waals surface area contributed by atoms with Crippen LogP contribution in [0.4, 0.5) is 5.69 Å². The Labute approximate surface area is 163 Å². The van der Waals surface area contributed by atoms with Gasteiger partial charge < -0.3 is 26.0 Å². The number of carbonyl (C=O) groups is 3. The first-order valence-electron chi connectivity index (χ1n) is 8.95. The molecule has 5 N–H and O–H groups in total. The molecule has 1 saturated heterocycles. The van der Waals surface area contributed by atoms with Crippen LogP contribution in [-0.4, -0.2) is 79.9 Å². The molecule has 28 heavy (non-hydrogen) atoms. The first-order valence-corrected chi connectivity index (χ1v) is 8.95. The number of rotatable bonds is 7. The number of piperazine rings is 1. The van der Waals surface area contributed by atoms with Crippen molar-refractivity contribution in [1.29, 1.82) is 5.41 Å². The monoisotopic (exact) mass is 390 g/mol. The van der Waals surface area contributed by atoms with Crippen molar-refractivity contribution in [2.75, 3.05) is 51.7 Å². The number of methoxy groups -OCH3 is 1. The van der Waals surface area contributed by atoms with Crippen molar-refractivity contribution in [2.45, 2.75) is 6.42 Å². The maximum Gasteiger partial charge on any atom is 0.325 e. The van der Waals surface area contributed by atoms with Gasteiger partial charge in [0, 0.05) is 50.4 Å². The summed E-state index contributed by atoms with van der Waals surface area (Å²) in [6, 6.07) is 6.50. The van der Waals surface area contributed by atoms with Crippen molar-refractivity contribution in [2.24, 2.45) is 5.73 Å². The molecule has 1 aromatic rings. The number of nitrogens with one attached hydrogen (secondary N) is 3. The van der Waals surface area contributed by atoms with E-state index in [9.17, 15) is 14.4 Å². The zero-order valence-corrected chi connectivity index (χ0v) is 15.9. The average molecular weight is 390 g/mol. The Morgan fingerprint density at radius 1 is 1.21 bits per heavy atom. The van der Waals surface area contributed by atoms with Gasteiger partial charge in [-0.25, -0.2) is 0 Å². The van der Waals surface area contributed by atoms with E-state index in [0.29, 0.717) is 37.3 Å². The summed E-state index contributed by atoms with van der Waals surface area (Å²) in [5.74, 6) is -1.04. The van der Waals surface area contributed by atoms with E-state index in [1.54, 1.807) is 29.2 Å². The molecule has 1 fully saturated rings. The van der Waals surface area contributed by atoms with Crippen LogP contribution in [0.1, 0.15) is 16.8 Å². The second kappa shape index (κ2) is 10.3. The molecule has 1 aliphatic heterocycles. The van der Waals surface area contributed by atoms with Gasteiger partial charge in [-0.15, -0.1) is 0 Å². The summed E-state index contributed by atoms with van der Waals surface area (Å²) in [7, 11) is 1.24. The molecule has 0 unspecified atom stereocenters. The summed E-state index contributed by atoms with van der Waals surface area (Å²) in [4.78, 5) is 39.3. The molecule has 0 atom stereocenters. The molecule has 0 aliphatic carbocycles. The van der Waals surface area contributed by atoms with Gasteiger partial charge in [0.25, 0.3) is 5.91 Å². The van der Waals surface area contributed by atoms with Gasteiger partial charge in [0.1, 0.15) is 6.54 Å². The molecule has 0 bridgehead atoms. The predicted octanol–water partition coefficient (Wildman–Crippen LogP) is -0.571. The lowest BCUT2D eigenvalue weighted by atomic mass is 10.2. The van der Waals surface area contributed by atoms with Gasteiger partial charge in [0.2, 0.25) is 5.91 Å². The largest absolute Gasteiger partial charge is 0.468 e. The first-order chi connectivity index (χ1) is 13.4. The van der Waals surface area contributed by atoms with E-state index in [0.717, 1.165) is 13.1 Å². The van der Waals surface area contributed by atoms with Crippen LogP contribution in [0, 0.1) is 5.41 Å². The lowest BCUT2D eigenvalue weighted by Gasteiger charge is -2.34. The van der Waals surface area contributed by atoms with Crippen LogP contribution in [0.5, 0.6) is 0 Å². The normalized spacial score (nSPS) is 14.2. The SMILES string of the molecule is COC(=O)CNC(=O)c1cccc(NC(=O)CCN2CCN(C(=N)N)CC2)c1. The van der Waals surface area contributed by atoms with Crippen LogP contribution in [0.3, 0.4) is 0 Å². The van der Waals surface area contributed by atoms with E-state index in [-0.39, 0.29) is 18.4 Å². The molecule has 1 heterocycles. The van der Waals surface area contributed by atoms with Crippen molar-refractivity contribution in [1.82, 2.24) is 15.1 Å². The van der Waals surface area contributed by atoms with E-state index in [1.165, 1.54) is 7.11 Å². The number of benzene rings is 1. The zero-order valence-electron chi connectivity index (χ0n) is 15.9. The lowest BCUT2D eigenvalue weighted by Crippen LogP contribution is -2.51. The highest BCUT2D eigenvalue weighted by Crippen LogP contribution is 2.11. The Morgan fingerprint density at radius 2 is 1.93 bits per heavy atom. The number of guanidine groups is 1. The molecule has 2 rings (SSSR count). The fraction of sp³-hybridized carbons (Fsp3) is 0.444. The maximum absolute atomic E-state index is 12.2. The van der Waals surface area contributed by atoms with Gasteiger partial charge in [0.15, 0.2) is 5.96 Å². The smallest absolute Gasteiger partial charge is 0.325 e. The Bertz CT molecular complexity index is 731. The first kappa shape index (κ1) is 21.2. The van der Waals surface area contributed by atoms with Crippen molar-refractivity contribution in [3.05, 3.63) is 29.8 Å². The molecule has 152 valence electrons. The van der Waals surface area contributed by atoms with Crippen LogP contribution in [0.15, 0.2) is 24.3 Å². The highest BCUT2D eigenvalue weighted by Gasteiger charge is 2.18. The van der Waals surface area contributed by atoms with Crippen molar-refractivity contribution < 1.29 is 19.1 Å². The summed E-state index contributed by atoms with van der Waals surface area (Å²) in [5.41, 5.74) is 6.32. The van der Waals surface area contributed by atoms with E-state index in [1.807, 2.05) is 0 Å². The molecule has 1 aromatic carbocycles. The molecular formula is C18H26N6O4. The van der Waals surface area contributed by atoms with Crippen LogP contribution in [0.25, 0.3) is 0 Å². The van der Waals surface area contributed by atoms with Gasteiger partial charge in [-0.05, 0) is 18.2 Å². The number of amides is 2. The fourth-order valence-corrected chi connectivity index (χ4v) is 2.76. The number of carbonyl (C=O) groups excluding carboxylic acids is 3. The summed E-state index contributed by atoms with van der Waals surface area (Å²) in [5, 5.41) is 12.7. The van der Waals surface area contributed by atoms with Crippen molar-refractivity contribution in [3.63, 3.8) is 0 Å². The van der Waals surface area contributed by atoms with E-state index >= 15 is 0 Å². The molecule has 10 nitrogen and oxygen atoms in total. The standard InChI is InChI=1S/C18H26N6O4/c1-28-16(26)12-21-17(27)13-3-2-4-14(11-13)22-15(25)5-6-23-7-9-24(10-8-23)18(19)20/h2-4,11H,5-10,12H2,1H3,(H3,19,20)(H,21,27)(H,22,25). The van der Waals surface area contributed by atoms with Gasteiger partial charge >= 0.3 is 5.97 Å². The average Bonchev–Trinajstić information content (AvgIpc) is 2.70. The van der Waals surface area contributed by atoms with Gasteiger partial charge in [0.05, 0.1) is 7.11 Å². The van der Waals surface area contributed by atoms with Gasteiger partial charge in [-0.3, -0.25) is 24.7 Å². The highest BCUT2D eigenvalue weighted by molar-refractivity contribution is 5.98. The van der Waals surface area contributed by atoms with E-state index in [2.05, 4.69) is 20.3 Å². The quantitative estimate of drug-likeness (QED) is 0.277. The molecule has 0 spiro atoms. The third-order valence-corrected chi connectivity index (χ3v) is 4.40. The highest BCUT2D eigenvalue weighted by atomic mass is 16.5. The molecular weight excluding hydrogens is 364 g/mol. The van der Waals surface area contributed by atoms with E-state index in [4.69, 9.17) is 11.1 Å². The Hall–Kier alpha value is -3.14. The summed E-state index contributed by atoms with van der Waals surface area (Å²) in [6.45, 7) is 3.25. The third-order valence-electron chi connectivity index (χ3n) is 4.40. The summed E-state index contributed by atoms with van der Waals surface area (Å²) < 4.78 is 4.47. The minimum absolute atomic E-state index is 0.0768. The maximum atomic E-state index is 12.2. The third kappa shape index (κ3) is 6.54.